The predicted molar refractivity (Wildman–Crippen MR) is 146 cm³/mol. The fourth-order valence-corrected chi connectivity index (χ4v) is 5.56. The van der Waals surface area contributed by atoms with Gasteiger partial charge in [-0.25, -0.2) is 9.18 Å². The van der Waals surface area contributed by atoms with Crippen molar-refractivity contribution in [2.24, 2.45) is 0 Å². The lowest BCUT2D eigenvalue weighted by molar-refractivity contribution is -0.154. The number of fused-ring (bicyclic) bond motifs is 3. The third-order valence-corrected chi connectivity index (χ3v) is 7.50. The maximum Gasteiger partial charge on any atom is 0.422 e. The van der Waals surface area contributed by atoms with E-state index >= 15 is 4.39 Å². The van der Waals surface area contributed by atoms with Crippen LogP contribution in [0.25, 0.3) is 22.2 Å². The molecule has 2 unspecified atom stereocenters. The summed E-state index contributed by atoms with van der Waals surface area (Å²) in [6.07, 6.45) is -2.43. The number of amides is 1. The number of anilines is 2. The summed E-state index contributed by atoms with van der Waals surface area (Å²) in [4.78, 5) is 28.8. The van der Waals surface area contributed by atoms with Gasteiger partial charge in [0.05, 0.1) is 27.5 Å². The Kier molecular flexibility index (Phi) is 7.48. The largest absolute Gasteiger partial charge is 0.454 e. The maximum absolute atomic E-state index is 16.0. The zero-order valence-corrected chi connectivity index (χ0v) is 23.7. The van der Waals surface area contributed by atoms with Crippen LogP contribution in [0.1, 0.15) is 33.6 Å². The monoisotopic (exact) mass is 616 g/mol. The van der Waals surface area contributed by atoms with Crippen molar-refractivity contribution in [3.05, 3.63) is 34.2 Å². The number of aromatic nitrogens is 3. The number of nitrogen functional groups attached to an aromatic ring is 1. The highest BCUT2D eigenvalue weighted by atomic mass is 35.5. The Balaban J connectivity index is 1.57. The average Bonchev–Trinajstić information content (AvgIpc) is 3.13. The molecule has 1 aromatic carbocycles. The number of halogens is 6. The number of benzene rings is 1. The standard InChI is InChI=1S/C26H26Cl2F4N6O3/c1-25(2,3)41-24(39)38-13-4-5-14(38)10-37(9-13)22-16-8-34-20(15-6-12(33)7-17(27)18(15)28)19(29)21(16)35-23(36-22)40-11-26(30,31)32/h6-8,13-14H,4-5,9-11,33H2,1-3H3. The van der Waals surface area contributed by atoms with Gasteiger partial charge in [-0.2, -0.15) is 23.1 Å². The molecule has 2 fully saturated rings. The minimum Gasteiger partial charge on any atom is -0.454 e. The summed E-state index contributed by atoms with van der Waals surface area (Å²) in [5.41, 5.74) is 4.89. The van der Waals surface area contributed by atoms with Crippen LogP contribution in [-0.4, -0.2) is 69.5 Å². The molecule has 15 heteroatoms. The highest BCUT2D eigenvalue weighted by Gasteiger charge is 2.45. The Morgan fingerprint density at radius 1 is 1.12 bits per heavy atom. The van der Waals surface area contributed by atoms with Crippen LogP contribution in [0.4, 0.5) is 33.9 Å². The zero-order chi connectivity index (χ0) is 29.9. The molecule has 0 radical (unpaired) electrons. The van der Waals surface area contributed by atoms with Crippen LogP contribution in [-0.2, 0) is 4.74 Å². The van der Waals surface area contributed by atoms with E-state index in [4.69, 9.17) is 38.4 Å². The summed E-state index contributed by atoms with van der Waals surface area (Å²) in [7, 11) is 0. The SMILES string of the molecule is CC(C)(C)OC(=O)N1C2CCC1CN(c1nc(OCC(F)(F)F)nc3c(F)c(-c4cc(N)cc(Cl)c4Cl)ncc13)C2. The second-order valence-corrected chi connectivity index (χ2v) is 11.7. The minimum atomic E-state index is -4.68. The number of alkyl halides is 3. The molecular formula is C26H26Cl2F4N6O3. The van der Waals surface area contributed by atoms with Crippen LogP contribution >= 0.6 is 23.2 Å². The van der Waals surface area contributed by atoms with Crippen LogP contribution in [0, 0.1) is 5.82 Å². The van der Waals surface area contributed by atoms with Gasteiger partial charge in [0.2, 0.25) is 0 Å². The number of ether oxygens (including phenoxy) is 2. The van der Waals surface area contributed by atoms with Gasteiger partial charge in [0.25, 0.3) is 0 Å². The first kappa shape index (κ1) is 29.2. The number of hydrogen-bond acceptors (Lipinski definition) is 8. The van der Waals surface area contributed by atoms with E-state index < -0.39 is 36.3 Å². The molecular weight excluding hydrogens is 591 g/mol. The Morgan fingerprint density at radius 3 is 2.39 bits per heavy atom. The van der Waals surface area contributed by atoms with Crippen molar-refractivity contribution < 1.29 is 31.8 Å². The lowest BCUT2D eigenvalue weighted by Gasteiger charge is -2.42. The number of hydrogen-bond donors (Lipinski definition) is 1. The molecule has 2 aliphatic rings. The topological polar surface area (TPSA) is 107 Å². The van der Waals surface area contributed by atoms with Gasteiger partial charge in [-0.15, -0.1) is 0 Å². The maximum atomic E-state index is 16.0. The summed E-state index contributed by atoms with van der Waals surface area (Å²) in [6.45, 7) is 4.21. The van der Waals surface area contributed by atoms with Crippen LogP contribution < -0.4 is 15.4 Å². The number of rotatable bonds is 4. The van der Waals surface area contributed by atoms with Crippen LogP contribution in [0.3, 0.4) is 0 Å². The van der Waals surface area contributed by atoms with Crippen LogP contribution in [0.15, 0.2) is 18.3 Å². The van der Waals surface area contributed by atoms with Crippen molar-refractivity contribution in [1.82, 2.24) is 19.9 Å². The van der Waals surface area contributed by atoms with Crippen molar-refractivity contribution in [2.75, 3.05) is 30.3 Å². The third kappa shape index (κ3) is 6.01. The lowest BCUT2D eigenvalue weighted by Crippen LogP contribution is -2.57. The summed E-state index contributed by atoms with van der Waals surface area (Å²) in [5, 5.41) is 0.199. The number of pyridine rings is 1. The van der Waals surface area contributed by atoms with Crippen LogP contribution in [0.2, 0.25) is 10.0 Å². The lowest BCUT2D eigenvalue weighted by atomic mass is 10.1. The Labute approximate surface area is 242 Å². The molecule has 9 nitrogen and oxygen atoms in total. The first-order valence-corrected chi connectivity index (χ1v) is 13.4. The Hall–Kier alpha value is -3.32. The molecule has 41 heavy (non-hydrogen) atoms. The first-order chi connectivity index (χ1) is 19.1. The molecule has 2 saturated heterocycles. The molecule has 2 N–H and O–H groups in total. The molecule has 2 atom stereocenters. The van der Waals surface area contributed by atoms with Crippen LogP contribution in [0.5, 0.6) is 6.01 Å². The Bertz CT molecular complexity index is 1500. The summed E-state index contributed by atoms with van der Waals surface area (Å²) in [6, 6.07) is 1.60. The summed E-state index contributed by atoms with van der Waals surface area (Å²) < 4.78 is 65.4. The summed E-state index contributed by atoms with van der Waals surface area (Å²) in [5.74, 6) is -0.843. The van der Waals surface area contributed by atoms with E-state index in [1.807, 2.05) is 0 Å². The first-order valence-electron chi connectivity index (χ1n) is 12.7. The van der Waals surface area contributed by atoms with Gasteiger partial charge in [-0.1, -0.05) is 23.2 Å². The summed E-state index contributed by atoms with van der Waals surface area (Å²) >= 11 is 12.4. The van der Waals surface area contributed by atoms with Gasteiger partial charge in [-0.3, -0.25) is 9.88 Å². The number of nitrogens with two attached hydrogens (primary N) is 1. The van der Waals surface area contributed by atoms with E-state index in [2.05, 4.69) is 15.0 Å². The highest BCUT2D eigenvalue weighted by Crippen LogP contribution is 2.40. The molecule has 2 bridgehead atoms. The van der Waals surface area contributed by atoms with Gasteiger partial charge in [0, 0.05) is 30.5 Å². The van der Waals surface area contributed by atoms with E-state index in [9.17, 15) is 18.0 Å². The average molecular weight is 617 g/mol. The van der Waals surface area contributed by atoms with Gasteiger partial charge in [-0.05, 0) is 45.7 Å². The normalized spacial score (nSPS) is 19.1. The van der Waals surface area contributed by atoms with Gasteiger partial charge >= 0.3 is 18.3 Å². The predicted octanol–water partition coefficient (Wildman–Crippen LogP) is 6.25. The quantitative estimate of drug-likeness (QED) is 0.271. The van der Waals surface area contributed by atoms with Crippen molar-refractivity contribution in [2.45, 2.75) is 57.5 Å². The molecule has 1 amide bonds. The van der Waals surface area contributed by atoms with Gasteiger partial charge in [0.15, 0.2) is 12.4 Å². The molecule has 0 spiro atoms. The van der Waals surface area contributed by atoms with Gasteiger partial charge in [0.1, 0.15) is 22.6 Å². The number of nitrogens with zero attached hydrogens (tertiary/aromatic N) is 5. The second-order valence-electron chi connectivity index (χ2n) is 11.0. The van der Waals surface area contributed by atoms with Crippen molar-refractivity contribution in [3.8, 4) is 17.3 Å². The molecule has 3 aromatic rings. The smallest absolute Gasteiger partial charge is 0.422 e. The fraction of sp³-hybridized carbons (Fsp3) is 0.462. The second kappa shape index (κ2) is 10.5. The molecule has 2 aromatic heterocycles. The van der Waals surface area contributed by atoms with E-state index in [0.29, 0.717) is 12.8 Å². The molecule has 0 saturated carbocycles. The third-order valence-electron chi connectivity index (χ3n) is 6.70. The van der Waals surface area contributed by atoms with E-state index in [1.165, 1.54) is 18.3 Å². The van der Waals surface area contributed by atoms with E-state index in [-0.39, 0.29) is 68.9 Å². The number of carbonyl (C=O) groups is 1. The fourth-order valence-electron chi connectivity index (χ4n) is 5.13. The highest BCUT2D eigenvalue weighted by molar-refractivity contribution is 6.44. The van der Waals surface area contributed by atoms with Crippen molar-refractivity contribution in [3.63, 3.8) is 0 Å². The molecule has 0 aliphatic carbocycles. The minimum absolute atomic E-state index is 0.00992. The molecule has 4 heterocycles. The Morgan fingerprint density at radius 2 is 1.78 bits per heavy atom. The van der Waals surface area contributed by atoms with Crippen molar-refractivity contribution in [1.29, 1.82) is 0 Å². The zero-order valence-electron chi connectivity index (χ0n) is 22.2. The van der Waals surface area contributed by atoms with Crippen molar-refractivity contribution >= 4 is 51.7 Å². The number of carbonyl (C=O) groups excluding carboxylic acids is 1. The van der Waals surface area contributed by atoms with E-state index in [1.54, 1.807) is 30.6 Å². The molecule has 5 rings (SSSR count). The molecule has 2 aliphatic heterocycles. The number of piperazine rings is 1. The van der Waals surface area contributed by atoms with Gasteiger partial charge < -0.3 is 20.1 Å². The molecule has 220 valence electrons. The van der Waals surface area contributed by atoms with E-state index in [0.717, 1.165) is 0 Å².